The van der Waals surface area contributed by atoms with Crippen molar-refractivity contribution in [2.45, 2.75) is 116 Å². The summed E-state index contributed by atoms with van der Waals surface area (Å²) in [6.45, 7) is 4.29. The third-order valence-electron chi connectivity index (χ3n) is 6.90. The number of ether oxygens (including phenoxy) is 3. The lowest BCUT2D eigenvalue weighted by atomic mass is 10.1. The van der Waals surface area contributed by atoms with Crippen LogP contribution in [0.1, 0.15) is 104 Å². The second-order valence-electron chi connectivity index (χ2n) is 12.0. The van der Waals surface area contributed by atoms with Gasteiger partial charge in [-0.3, -0.25) is 9.59 Å². The van der Waals surface area contributed by atoms with E-state index >= 15 is 0 Å². The summed E-state index contributed by atoms with van der Waals surface area (Å²) in [5, 5.41) is 11.5. The topological polar surface area (TPSA) is 102 Å². The van der Waals surface area contributed by atoms with Gasteiger partial charge in [0, 0.05) is 19.3 Å². The van der Waals surface area contributed by atoms with Crippen LogP contribution >= 0.6 is 0 Å². The molecule has 0 aliphatic carbocycles. The number of esters is 2. The van der Waals surface area contributed by atoms with Crippen LogP contribution in [0.25, 0.3) is 0 Å². The number of hydrogen-bond acceptors (Lipinski definition) is 7. The van der Waals surface area contributed by atoms with Crippen molar-refractivity contribution in [2.24, 2.45) is 0 Å². The maximum Gasteiger partial charge on any atom is 0.306 e. The first-order chi connectivity index (χ1) is 21.6. The molecular weight excluding hydrogens is 570 g/mol. The summed E-state index contributed by atoms with van der Waals surface area (Å²) in [5.41, 5.74) is 0. The summed E-state index contributed by atoms with van der Waals surface area (Å²) >= 11 is 0. The molecule has 0 heterocycles. The molecule has 0 aliphatic heterocycles. The molecule has 45 heavy (non-hydrogen) atoms. The number of quaternary nitrogens is 1. The van der Waals surface area contributed by atoms with Crippen LogP contribution in [0.2, 0.25) is 0 Å². The second-order valence-corrected chi connectivity index (χ2v) is 12.0. The SMILES string of the molecule is CC/C=C/C/C=C/C/C=C/CCCCC(=O)OC(COCCC(C(=O)[O-])[N+](C)(C)C)COC(=O)CCCC/C=C/C/C=C/CC. The molecule has 8 heteroatoms. The minimum Gasteiger partial charge on any atom is -0.544 e. The number of aliphatic carboxylic acids is 1. The Bertz CT molecular complexity index is 928. The number of carboxylic acids is 1. The van der Waals surface area contributed by atoms with E-state index in [2.05, 4.69) is 74.6 Å². The average molecular weight is 632 g/mol. The normalized spacial score (nSPS) is 13.9. The van der Waals surface area contributed by atoms with E-state index in [4.69, 9.17) is 14.2 Å². The highest BCUT2D eigenvalue weighted by Crippen LogP contribution is 2.10. The van der Waals surface area contributed by atoms with Crippen LogP contribution in [0.15, 0.2) is 60.8 Å². The van der Waals surface area contributed by atoms with Crippen molar-refractivity contribution in [3.05, 3.63) is 60.8 Å². The van der Waals surface area contributed by atoms with Gasteiger partial charge in [-0.25, -0.2) is 0 Å². The number of carbonyl (C=O) groups is 3. The quantitative estimate of drug-likeness (QED) is 0.0417. The fourth-order valence-electron chi connectivity index (χ4n) is 4.30. The minimum atomic E-state index is -1.14. The minimum absolute atomic E-state index is 0.0116. The summed E-state index contributed by atoms with van der Waals surface area (Å²) in [7, 11) is 5.35. The summed E-state index contributed by atoms with van der Waals surface area (Å²) in [5.74, 6) is -1.85. The Hall–Kier alpha value is -2.97. The molecule has 0 aromatic carbocycles. The standard InChI is InChI=1S/C37H61NO7/c1-6-8-10-12-14-16-17-18-20-22-24-26-28-36(40)45-33(31-43-30-29-34(37(41)42)38(3,4)5)32-44-35(39)27-25-23-21-19-15-13-11-9-7-2/h8-11,14-16,18-20,33-34H,6-7,12-13,17,21-32H2,1-5H3/b10-8+,11-9+,16-14+,19-15+,20-18+. The number of carbonyl (C=O) groups excluding carboxylic acids is 3. The number of rotatable bonds is 28. The molecule has 0 amide bonds. The Morgan fingerprint density at radius 1 is 0.667 bits per heavy atom. The molecule has 2 unspecified atom stereocenters. The summed E-state index contributed by atoms with van der Waals surface area (Å²) in [6.07, 6.45) is 31.3. The van der Waals surface area contributed by atoms with E-state index in [1.807, 2.05) is 0 Å². The van der Waals surface area contributed by atoms with Crippen molar-refractivity contribution in [2.75, 3.05) is 41.0 Å². The fraction of sp³-hybridized carbons (Fsp3) is 0.649. The molecule has 8 nitrogen and oxygen atoms in total. The lowest BCUT2D eigenvalue weighted by Gasteiger charge is -2.34. The molecule has 0 spiro atoms. The lowest BCUT2D eigenvalue weighted by Crippen LogP contribution is -2.55. The molecule has 256 valence electrons. The molecule has 0 aliphatic rings. The van der Waals surface area contributed by atoms with Crippen LogP contribution in [-0.2, 0) is 28.6 Å². The van der Waals surface area contributed by atoms with Gasteiger partial charge in [-0.15, -0.1) is 0 Å². The van der Waals surface area contributed by atoms with Gasteiger partial charge in [-0.1, -0.05) is 74.6 Å². The van der Waals surface area contributed by atoms with Gasteiger partial charge in [0.2, 0.25) is 0 Å². The molecule has 0 bridgehead atoms. The van der Waals surface area contributed by atoms with Crippen molar-refractivity contribution < 1.29 is 38.2 Å². The number of hydrogen-bond donors (Lipinski definition) is 0. The van der Waals surface area contributed by atoms with Gasteiger partial charge < -0.3 is 28.6 Å². The highest BCUT2D eigenvalue weighted by Gasteiger charge is 2.25. The molecule has 0 aromatic heterocycles. The maximum atomic E-state index is 12.5. The largest absolute Gasteiger partial charge is 0.544 e. The van der Waals surface area contributed by atoms with Crippen LogP contribution in [-0.4, -0.2) is 75.5 Å². The third kappa shape index (κ3) is 27.1. The molecule has 0 rings (SSSR count). The van der Waals surface area contributed by atoms with E-state index in [1.54, 1.807) is 21.1 Å². The molecule has 0 saturated heterocycles. The Morgan fingerprint density at radius 2 is 1.16 bits per heavy atom. The Labute approximate surface area is 273 Å². The second kappa shape index (κ2) is 28.5. The van der Waals surface area contributed by atoms with E-state index < -0.39 is 18.1 Å². The number of nitrogens with zero attached hydrogens (tertiary/aromatic N) is 1. The highest BCUT2D eigenvalue weighted by molar-refractivity contribution is 5.70. The lowest BCUT2D eigenvalue weighted by molar-refractivity contribution is -0.889. The Morgan fingerprint density at radius 3 is 1.64 bits per heavy atom. The molecule has 0 N–H and O–H groups in total. The highest BCUT2D eigenvalue weighted by atomic mass is 16.6. The van der Waals surface area contributed by atoms with Crippen LogP contribution in [0.5, 0.6) is 0 Å². The smallest absolute Gasteiger partial charge is 0.306 e. The van der Waals surface area contributed by atoms with Crippen molar-refractivity contribution in [1.82, 2.24) is 0 Å². The van der Waals surface area contributed by atoms with Crippen molar-refractivity contribution in [1.29, 1.82) is 0 Å². The molecule has 0 aromatic rings. The number of unbranched alkanes of at least 4 members (excludes halogenated alkanes) is 4. The Kier molecular flexibility index (Phi) is 26.6. The van der Waals surface area contributed by atoms with Gasteiger partial charge in [-0.05, 0) is 70.6 Å². The number of likely N-dealkylation sites (N-methyl/N-ethyl adjacent to an activating group) is 1. The van der Waals surface area contributed by atoms with E-state index in [0.29, 0.717) is 19.3 Å². The first kappa shape index (κ1) is 42.0. The van der Waals surface area contributed by atoms with E-state index in [1.165, 1.54) is 0 Å². The third-order valence-corrected chi connectivity index (χ3v) is 6.90. The van der Waals surface area contributed by atoms with Crippen LogP contribution in [0.3, 0.4) is 0 Å². The van der Waals surface area contributed by atoms with Crippen LogP contribution in [0, 0.1) is 0 Å². The number of carboxylic acid groups (broad SMARTS) is 1. The molecular formula is C37H61NO7. The maximum absolute atomic E-state index is 12.5. The van der Waals surface area contributed by atoms with Gasteiger partial charge in [0.15, 0.2) is 6.10 Å². The summed E-state index contributed by atoms with van der Waals surface area (Å²) in [6, 6.07) is -0.737. The van der Waals surface area contributed by atoms with Crippen molar-refractivity contribution in [3.8, 4) is 0 Å². The van der Waals surface area contributed by atoms with Gasteiger partial charge in [-0.2, -0.15) is 0 Å². The molecule has 0 saturated carbocycles. The predicted octanol–water partition coefficient (Wildman–Crippen LogP) is 6.56. The molecule has 0 fully saturated rings. The summed E-state index contributed by atoms with van der Waals surface area (Å²) < 4.78 is 16.9. The van der Waals surface area contributed by atoms with Crippen LogP contribution < -0.4 is 5.11 Å². The van der Waals surface area contributed by atoms with Crippen LogP contribution in [0.4, 0.5) is 0 Å². The average Bonchev–Trinajstić information content (AvgIpc) is 2.98. The zero-order valence-electron chi connectivity index (χ0n) is 28.8. The van der Waals surface area contributed by atoms with Crippen molar-refractivity contribution >= 4 is 17.9 Å². The van der Waals surface area contributed by atoms with Crippen molar-refractivity contribution in [3.63, 3.8) is 0 Å². The van der Waals surface area contributed by atoms with E-state index in [0.717, 1.165) is 57.8 Å². The zero-order valence-corrected chi connectivity index (χ0v) is 28.8. The first-order valence-electron chi connectivity index (χ1n) is 16.8. The van der Waals surface area contributed by atoms with Gasteiger partial charge in [0.1, 0.15) is 12.6 Å². The van der Waals surface area contributed by atoms with Gasteiger partial charge in [0.25, 0.3) is 0 Å². The first-order valence-corrected chi connectivity index (χ1v) is 16.8. The van der Waals surface area contributed by atoms with E-state index in [-0.39, 0.29) is 49.1 Å². The number of allylic oxidation sites excluding steroid dienone is 10. The summed E-state index contributed by atoms with van der Waals surface area (Å²) in [4.78, 5) is 36.4. The van der Waals surface area contributed by atoms with E-state index in [9.17, 15) is 19.5 Å². The monoisotopic (exact) mass is 631 g/mol. The zero-order chi connectivity index (χ0) is 33.6. The predicted molar refractivity (Wildman–Crippen MR) is 180 cm³/mol. The Balaban J connectivity index is 4.61. The molecule has 0 radical (unpaired) electrons. The van der Waals surface area contributed by atoms with Gasteiger partial charge in [0.05, 0.1) is 40.3 Å². The fourth-order valence-corrected chi connectivity index (χ4v) is 4.30. The van der Waals surface area contributed by atoms with Gasteiger partial charge >= 0.3 is 11.9 Å². The molecule has 2 atom stereocenters.